The molecule has 2 nitrogen and oxygen atoms in total. The second kappa shape index (κ2) is 2.96. The molecule has 1 fully saturated rings. The predicted molar refractivity (Wildman–Crippen MR) is 51.8 cm³/mol. The normalized spacial score (nSPS) is 32.7. The second-order valence-electron chi connectivity index (χ2n) is 3.86. The van der Waals surface area contributed by atoms with Gasteiger partial charge in [-0.25, -0.2) is 4.98 Å². The number of aliphatic hydroxyl groups is 1. The maximum Gasteiger partial charge on any atom is 0.129 e. The van der Waals surface area contributed by atoms with Crippen molar-refractivity contribution >= 4 is 11.6 Å². The molecule has 70 valence electrons. The van der Waals surface area contributed by atoms with Crippen LogP contribution < -0.4 is 0 Å². The van der Waals surface area contributed by atoms with Gasteiger partial charge < -0.3 is 5.11 Å². The van der Waals surface area contributed by atoms with Gasteiger partial charge in [0, 0.05) is 12.1 Å². The Labute approximate surface area is 82.6 Å². The largest absolute Gasteiger partial charge is 0.390 e. The first-order chi connectivity index (χ1) is 6.09. The van der Waals surface area contributed by atoms with Gasteiger partial charge in [-0.05, 0) is 31.4 Å². The molecule has 0 saturated heterocycles. The summed E-state index contributed by atoms with van der Waals surface area (Å²) >= 11 is 5.68. The van der Waals surface area contributed by atoms with Crippen LogP contribution in [0.5, 0.6) is 0 Å². The highest BCUT2D eigenvalue weighted by molar-refractivity contribution is 6.29. The monoisotopic (exact) mass is 197 g/mol. The highest BCUT2D eigenvalue weighted by Gasteiger charge is 2.41. The summed E-state index contributed by atoms with van der Waals surface area (Å²) in [4.78, 5) is 4.00. The summed E-state index contributed by atoms with van der Waals surface area (Å²) in [5.41, 5.74) is 0.538. The molecule has 0 aromatic carbocycles. The SMILES string of the molecule is CC1(O)CCC1c1ccc(Cl)nc1. The van der Waals surface area contributed by atoms with Crippen molar-refractivity contribution in [1.82, 2.24) is 4.98 Å². The lowest BCUT2D eigenvalue weighted by atomic mass is 9.68. The molecule has 1 heterocycles. The fraction of sp³-hybridized carbons (Fsp3) is 0.500. The molecule has 0 aliphatic heterocycles. The van der Waals surface area contributed by atoms with Gasteiger partial charge in [-0.3, -0.25) is 0 Å². The van der Waals surface area contributed by atoms with Crippen molar-refractivity contribution in [3.05, 3.63) is 29.0 Å². The van der Waals surface area contributed by atoms with Crippen LogP contribution in [-0.4, -0.2) is 15.7 Å². The maximum absolute atomic E-state index is 9.83. The molecule has 13 heavy (non-hydrogen) atoms. The second-order valence-corrected chi connectivity index (χ2v) is 4.25. The van der Waals surface area contributed by atoms with E-state index in [4.69, 9.17) is 11.6 Å². The van der Waals surface area contributed by atoms with E-state index >= 15 is 0 Å². The highest BCUT2D eigenvalue weighted by Crippen LogP contribution is 2.45. The number of nitrogens with zero attached hydrogens (tertiary/aromatic N) is 1. The Hall–Kier alpha value is -0.600. The summed E-state index contributed by atoms with van der Waals surface area (Å²) in [5.74, 6) is 0.234. The summed E-state index contributed by atoms with van der Waals surface area (Å²) < 4.78 is 0. The van der Waals surface area contributed by atoms with Crippen molar-refractivity contribution in [2.24, 2.45) is 0 Å². The van der Waals surface area contributed by atoms with Gasteiger partial charge in [0.25, 0.3) is 0 Å². The lowest BCUT2D eigenvalue weighted by Crippen LogP contribution is -2.42. The first kappa shape index (κ1) is 8.97. The van der Waals surface area contributed by atoms with Crippen LogP contribution in [0.15, 0.2) is 18.3 Å². The van der Waals surface area contributed by atoms with Gasteiger partial charge >= 0.3 is 0 Å². The number of hydrogen-bond donors (Lipinski definition) is 1. The van der Waals surface area contributed by atoms with Gasteiger partial charge in [-0.2, -0.15) is 0 Å². The molecule has 0 radical (unpaired) electrons. The molecule has 1 aliphatic carbocycles. The van der Waals surface area contributed by atoms with E-state index in [9.17, 15) is 5.11 Å². The number of pyridine rings is 1. The maximum atomic E-state index is 9.83. The Morgan fingerprint density at radius 2 is 2.38 bits per heavy atom. The molecule has 0 spiro atoms. The Morgan fingerprint density at radius 3 is 2.77 bits per heavy atom. The van der Waals surface area contributed by atoms with Gasteiger partial charge in [0.2, 0.25) is 0 Å². The van der Waals surface area contributed by atoms with E-state index in [1.807, 2.05) is 13.0 Å². The van der Waals surface area contributed by atoms with Gasteiger partial charge in [-0.15, -0.1) is 0 Å². The third-order valence-electron chi connectivity index (χ3n) is 2.84. The number of aromatic nitrogens is 1. The van der Waals surface area contributed by atoms with Crippen LogP contribution in [0.1, 0.15) is 31.2 Å². The smallest absolute Gasteiger partial charge is 0.129 e. The third kappa shape index (κ3) is 1.56. The van der Waals surface area contributed by atoms with Crippen LogP contribution in [0.2, 0.25) is 5.15 Å². The van der Waals surface area contributed by atoms with Crippen LogP contribution in [0.4, 0.5) is 0 Å². The van der Waals surface area contributed by atoms with E-state index in [0.29, 0.717) is 5.15 Å². The highest BCUT2D eigenvalue weighted by atomic mass is 35.5. The zero-order chi connectivity index (χ0) is 9.47. The molecule has 2 unspecified atom stereocenters. The summed E-state index contributed by atoms with van der Waals surface area (Å²) in [7, 11) is 0. The van der Waals surface area contributed by atoms with Crippen LogP contribution in [0, 0.1) is 0 Å². The molecule has 2 rings (SSSR count). The molecule has 1 N–H and O–H groups in total. The summed E-state index contributed by atoms with van der Waals surface area (Å²) in [6, 6.07) is 3.71. The van der Waals surface area contributed by atoms with Crippen LogP contribution in [-0.2, 0) is 0 Å². The standard InChI is InChI=1S/C10H12ClNO/c1-10(13)5-4-8(10)7-2-3-9(11)12-6-7/h2-3,6,8,13H,4-5H2,1H3. The molecule has 0 bridgehead atoms. The fourth-order valence-electron chi connectivity index (χ4n) is 1.83. The van der Waals surface area contributed by atoms with Crippen molar-refractivity contribution in [1.29, 1.82) is 0 Å². The summed E-state index contributed by atoms with van der Waals surface area (Å²) in [6.07, 6.45) is 3.66. The number of rotatable bonds is 1. The average molecular weight is 198 g/mol. The van der Waals surface area contributed by atoms with Gasteiger partial charge in [-0.1, -0.05) is 17.7 Å². The van der Waals surface area contributed by atoms with E-state index in [0.717, 1.165) is 18.4 Å². The third-order valence-corrected chi connectivity index (χ3v) is 3.07. The lowest BCUT2D eigenvalue weighted by Gasteiger charge is -2.42. The molecule has 1 saturated carbocycles. The summed E-state index contributed by atoms with van der Waals surface area (Å²) in [5, 5.41) is 10.3. The van der Waals surface area contributed by atoms with E-state index in [1.165, 1.54) is 0 Å². The number of hydrogen-bond acceptors (Lipinski definition) is 2. The molecule has 3 heteroatoms. The Balaban J connectivity index is 2.22. The Morgan fingerprint density at radius 1 is 1.62 bits per heavy atom. The zero-order valence-corrected chi connectivity index (χ0v) is 8.25. The minimum atomic E-state index is -0.546. The number of halogens is 1. The van der Waals surface area contributed by atoms with Crippen molar-refractivity contribution in [2.45, 2.75) is 31.3 Å². The Bertz CT molecular complexity index is 307. The van der Waals surface area contributed by atoms with Crippen molar-refractivity contribution in [3.8, 4) is 0 Å². The van der Waals surface area contributed by atoms with Gasteiger partial charge in [0.1, 0.15) is 5.15 Å². The fourth-order valence-corrected chi connectivity index (χ4v) is 1.94. The first-order valence-electron chi connectivity index (χ1n) is 4.43. The van der Waals surface area contributed by atoms with Gasteiger partial charge in [0.15, 0.2) is 0 Å². The first-order valence-corrected chi connectivity index (χ1v) is 4.81. The lowest BCUT2D eigenvalue weighted by molar-refractivity contribution is -0.0406. The van der Waals surface area contributed by atoms with E-state index in [1.54, 1.807) is 12.3 Å². The molecular formula is C10H12ClNO. The minimum Gasteiger partial charge on any atom is -0.390 e. The Kier molecular flexibility index (Phi) is 2.05. The van der Waals surface area contributed by atoms with Crippen LogP contribution >= 0.6 is 11.6 Å². The van der Waals surface area contributed by atoms with Crippen molar-refractivity contribution in [3.63, 3.8) is 0 Å². The van der Waals surface area contributed by atoms with Gasteiger partial charge in [0.05, 0.1) is 5.60 Å². The molecule has 1 aromatic rings. The molecule has 0 amide bonds. The molecular weight excluding hydrogens is 186 g/mol. The molecule has 1 aromatic heterocycles. The van der Waals surface area contributed by atoms with E-state index in [2.05, 4.69) is 4.98 Å². The minimum absolute atomic E-state index is 0.234. The molecule has 2 atom stereocenters. The van der Waals surface area contributed by atoms with Crippen LogP contribution in [0.25, 0.3) is 0 Å². The van der Waals surface area contributed by atoms with Crippen molar-refractivity contribution < 1.29 is 5.11 Å². The van der Waals surface area contributed by atoms with Crippen LogP contribution in [0.3, 0.4) is 0 Å². The average Bonchev–Trinajstić information content (AvgIpc) is 2.07. The van der Waals surface area contributed by atoms with E-state index in [-0.39, 0.29) is 5.92 Å². The summed E-state index contributed by atoms with van der Waals surface area (Å²) in [6.45, 7) is 1.87. The topological polar surface area (TPSA) is 33.1 Å². The predicted octanol–water partition coefficient (Wildman–Crippen LogP) is 2.36. The van der Waals surface area contributed by atoms with Crippen molar-refractivity contribution in [2.75, 3.05) is 0 Å². The molecule has 1 aliphatic rings. The van der Waals surface area contributed by atoms with E-state index < -0.39 is 5.60 Å². The zero-order valence-electron chi connectivity index (χ0n) is 7.50. The quantitative estimate of drug-likeness (QED) is 0.702.